The molecule has 12 heteroatoms. The molecule has 11 nitrogen and oxygen atoms in total. The summed E-state index contributed by atoms with van der Waals surface area (Å²) in [7, 11) is 0. The monoisotopic (exact) mass is 862 g/mol. The highest BCUT2D eigenvalue weighted by atomic mass is 32.1. The number of likely N-dealkylation sites (tertiary alicyclic amines) is 1. The lowest BCUT2D eigenvalue weighted by Gasteiger charge is -2.33. The van der Waals surface area contributed by atoms with Crippen LogP contribution in [-0.2, 0) is 34.8 Å². The summed E-state index contributed by atoms with van der Waals surface area (Å²) in [6.07, 6.45) is 0.903. The van der Waals surface area contributed by atoms with Crippen molar-refractivity contribution in [2.45, 2.75) is 44.2 Å². The molecule has 1 amide bonds. The average molecular weight is 863 g/mol. The van der Waals surface area contributed by atoms with Crippen molar-refractivity contribution >= 4 is 34.1 Å². The molecular weight excluding hydrogens is 813 g/mol. The number of carbonyl (C=O) groups excluding carboxylic acids is 2. The summed E-state index contributed by atoms with van der Waals surface area (Å²) in [5, 5.41) is 40.2. The zero-order chi connectivity index (χ0) is 43.8. The number of phenols is 1. The van der Waals surface area contributed by atoms with E-state index in [1.807, 2.05) is 54.6 Å². The number of aliphatic hydroxyl groups excluding tert-OH is 1. The van der Waals surface area contributed by atoms with Crippen molar-refractivity contribution in [3.63, 3.8) is 0 Å². The number of hydrogen-bond acceptors (Lipinski definition) is 10. The van der Waals surface area contributed by atoms with Crippen LogP contribution in [-0.4, -0.2) is 63.3 Å². The number of ether oxygens (including phenoxy) is 1. The minimum absolute atomic E-state index is 0.0725. The number of aromatic nitrogens is 1. The molecule has 1 aliphatic rings. The Labute approximate surface area is 369 Å². The van der Waals surface area contributed by atoms with E-state index in [2.05, 4.69) is 44.8 Å². The maximum Gasteiger partial charge on any atom is 0.347 e. The Morgan fingerprint density at radius 2 is 1.54 bits per heavy atom. The first-order chi connectivity index (χ1) is 30.6. The zero-order valence-corrected chi connectivity index (χ0v) is 35.5. The molecule has 0 saturated carbocycles. The second-order valence-corrected chi connectivity index (χ2v) is 17.2. The molecule has 1 aliphatic heterocycles. The second-order valence-electron chi connectivity index (χ2n) is 16.0. The van der Waals surface area contributed by atoms with Crippen molar-refractivity contribution in [2.75, 3.05) is 26.2 Å². The van der Waals surface area contributed by atoms with Crippen molar-refractivity contribution in [1.82, 2.24) is 20.5 Å². The lowest BCUT2D eigenvalue weighted by atomic mass is 9.85. The summed E-state index contributed by atoms with van der Waals surface area (Å²) in [4.78, 5) is 45.9. The molecule has 8 rings (SSSR count). The number of aliphatic hydroxyl groups is 2. The van der Waals surface area contributed by atoms with Crippen LogP contribution in [0.2, 0.25) is 0 Å². The van der Waals surface area contributed by atoms with E-state index >= 15 is 0 Å². The number of aromatic hydroxyl groups is 1. The van der Waals surface area contributed by atoms with Crippen molar-refractivity contribution in [3.8, 4) is 16.2 Å². The van der Waals surface area contributed by atoms with E-state index in [1.165, 1.54) is 29.0 Å². The minimum Gasteiger partial charge on any atom is -0.506 e. The number of phenolic OH excluding ortho intramolecular Hbond substituents is 1. The largest absolute Gasteiger partial charge is 0.506 e. The minimum atomic E-state index is -2.02. The molecular formula is C51H50N4O7S. The Bertz CT molecular complexity index is 2730. The zero-order valence-electron chi connectivity index (χ0n) is 34.7. The number of carbonyl (C=O) groups is 2. The number of hydrogen-bond donors (Lipinski definition) is 6. The van der Waals surface area contributed by atoms with Crippen molar-refractivity contribution in [3.05, 3.63) is 194 Å². The Balaban J connectivity index is 0.866. The fraction of sp³-hybridized carbons (Fsp3) is 0.235. The standard InChI is InChI=1S/C51H50N4O7S/c56-44-20-18-42(43-19-22-47(58)54-48(43)44)45(57)31-52-29-36-11-7-13-38(27-36)49(59)53-30-41-17-21-46(63-41)37-12-8-16-40(28-37)51(61,39-14-5-2-6-15-39)50(60)62-33-35-23-25-55(26-24-35)32-34-9-3-1-4-10-34/h1-22,27-28,35,45,52,56-57,61H,23-26,29-33H2,(H,53,59)(H,54,58)/t45-,51-/m0/s1. The molecule has 1 fully saturated rings. The number of nitrogens with zero attached hydrogens (tertiary/aromatic N) is 1. The fourth-order valence-corrected chi connectivity index (χ4v) is 9.11. The van der Waals surface area contributed by atoms with Crippen LogP contribution >= 0.6 is 11.3 Å². The smallest absolute Gasteiger partial charge is 0.347 e. The van der Waals surface area contributed by atoms with Crippen molar-refractivity contribution in [2.24, 2.45) is 5.92 Å². The van der Waals surface area contributed by atoms with Gasteiger partial charge in [0, 0.05) is 52.0 Å². The van der Waals surface area contributed by atoms with Gasteiger partial charge in [-0.3, -0.25) is 14.5 Å². The number of benzene rings is 5. The van der Waals surface area contributed by atoms with E-state index in [0.717, 1.165) is 53.4 Å². The number of nitrogens with one attached hydrogen (secondary N) is 3. The maximum atomic E-state index is 14.0. The summed E-state index contributed by atoms with van der Waals surface area (Å²) in [5.41, 5.74) is 2.76. The van der Waals surface area contributed by atoms with Crippen LogP contribution in [0, 0.1) is 5.92 Å². The molecule has 2 atom stereocenters. The van der Waals surface area contributed by atoms with Crippen LogP contribution < -0.4 is 16.2 Å². The second kappa shape index (κ2) is 19.7. The first-order valence-corrected chi connectivity index (χ1v) is 22.0. The van der Waals surface area contributed by atoms with E-state index in [-0.39, 0.29) is 41.8 Å². The van der Waals surface area contributed by atoms with E-state index in [0.29, 0.717) is 40.7 Å². The normalized spacial score (nSPS) is 14.8. The molecule has 2 aromatic heterocycles. The lowest BCUT2D eigenvalue weighted by molar-refractivity contribution is -0.164. The van der Waals surface area contributed by atoms with E-state index < -0.39 is 17.7 Å². The van der Waals surface area contributed by atoms with Crippen LogP contribution in [0.25, 0.3) is 21.3 Å². The predicted molar refractivity (Wildman–Crippen MR) is 245 cm³/mol. The van der Waals surface area contributed by atoms with Gasteiger partial charge in [0.25, 0.3) is 5.91 Å². The van der Waals surface area contributed by atoms with E-state index in [1.54, 1.807) is 54.6 Å². The molecule has 0 radical (unpaired) electrons. The fourth-order valence-electron chi connectivity index (χ4n) is 8.16. The third-order valence-corrected chi connectivity index (χ3v) is 12.8. The highest BCUT2D eigenvalue weighted by molar-refractivity contribution is 7.15. The molecule has 3 heterocycles. The first kappa shape index (κ1) is 43.2. The highest BCUT2D eigenvalue weighted by Crippen LogP contribution is 2.36. The summed E-state index contributed by atoms with van der Waals surface area (Å²) >= 11 is 1.51. The average Bonchev–Trinajstić information content (AvgIpc) is 3.80. The van der Waals surface area contributed by atoms with Gasteiger partial charge in [-0.2, -0.15) is 0 Å². The maximum absolute atomic E-state index is 14.0. The number of thiophene rings is 1. The molecule has 0 aliphatic carbocycles. The van der Waals surface area contributed by atoms with Crippen molar-refractivity contribution < 1.29 is 29.6 Å². The van der Waals surface area contributed by atoms with Gasteiger partial charge in [0.1, 0.15) is 5.75 Å². The Morgan fingerprint density at radius 1 is 0.810 bits per heavy atom. The molecule has 5 aromatic carbocycles. The number of esters is 1. The molecule has 0 unspecified atom stereocenters. The van der Waals surface area contributed by atoms with Crippen molar-refractivity contribution in [1.29, 1.82) is 0 Å². The van der Waals surface area contributed by atoms with Gasteiger partial charge in [-0.05, 0) is 102 Å². The summed E-state index contributed by atoms with van der Waals surface area (Å²) < 4.78 is 5.95. The van der Waals surface area contributed by atoms with Crippen LogP contribution in [0.4, 0.5) is 0 Å². The molecule has 6 N–H and O–H groups in total. The van der Waals surface area contributed by atoms with E-state index in [4.69, 9.17) is 4.74 Å². The van der Waals surface area contributed by atoms with Gasteiger partial charge in [0.15, 0.2) is 0 Å². The topological polar surface area (TPSA) is 164 Å². The Hall–Kier alpha value is -6.41. The number of amides is 1. The molecule has 63 heavy (non-hydrogen) atoms. The van der Waals surface area contributed by atoms with Gasteiger partial charge >= 0.3 is 5.97 Å². The molecule has 0 spiro atoms. The predicted octanol–water partition coefficient (Wildman–Crippen LogP) is 7.41. The summed E-state index contributed by atoms with van der Waals surface area (Å²) in [6, 6.07) is 43.9. The molecule has 1 saturated heterocycles. The van der Waals surface area contributed by atoms with Gasteiger partial charge in [-0.1, -0.05) is 97.1 Å². The lowest BCUT2D eigenvalue weighted by Crippen LogP contribution is -2.40. The Morgan fingerprint density at radius 3 is 2.33 bits per heavy atom. The van der Waals surface area contributed by atoms with Gasteiger partial charge < -0.3 is 35.7 Å². The molecule has 322 valence electrons. The van der Waals surface area contributed by atoms with Gasteiger partial charge in [0.05, 0.1) is 24.8 Å². The van der Waals surface area contributed by atoms with Gasteiger partial charge in [-0.25, -0.2) is 4.79 Å². The SMILES string of the molecule is O=C(NCc1ccc(-c2cccc([C@](O)(C(=O)OCC3CCN(Cc4ccccc4)CC3)c3ccccc3)c2)s1)c1cccc(CNC[C@H](O)c2ccc(O)c3[nH]c(=O)ccc23)c1. The number of aromatic amines is 1. The number of fused-ring (bicyclic) bond motifs is 1. The van der Waals surface area contributed by atoms with Crippen LogP contribution in [0.3, 0.4) is 0 Å². The number of pyridine rings is 1. The third-order valence-electron chi connectivity index (χ3n) is 11.7. The third kappa shape index (κ3) is 10.3. The van der Waals surface area contributed by atoms with Crippen LogP contribution in [0.5, 0.6) is 5.75 Å². The highest BCUT2D eigenvalue weighted by Gasteiger charge is 2.42. The number of rotatable bonds is 16. The molecule has 0 bridgehead atoms. The van der Waals surface area contributed by atoms with Crippen LogP contribution in [0.15, 0.2) is 150 Å². The summed E-state index contributed by atoms with van der Waals surface area (Å²) in [5.74, 6) is -0.800. The summed E-state index contributed by atoms with van der Waals surface area (Å²) in [6.45, 7) is 3.87. The van der Waals surface area contributed by atoms with Gasteiger partial charge in [0.2, 0.25) is 11.2 Å². The van der Waals surface area contributed by atoms with Crippen LogP contribution in [0.1, 0.15) is 62.0 Å². The quantitative estimate of drug-likeness (QED) is 0.0544. The first-order valence-electron chi connectivity index (χ1n) is 21.2. The number of H-pyrrole nitrogens is 1. The van der Waals surface area contributed by atoms with Gasteiger partial charge in [-0.15, -0.1) is 11.3 Å². The Kier molecular flexibility index (Phi) is 13.6. The number of piperidine rings is 1. The molecule has 7 aromatic rings. The van der Waals surface area contributed by atoms with E-state index in [9.17, 15) is 29.7 Å².